The number of hydrogen-bond acceptors (Lipinski definition) is 4. The molecule has 6 heteroatoms. The van der Waals surface area contributed by atoms with Crippen LogP contribution in [0.5, 0.6) is 0 Å². The SMILES string of the molecule is COC1=Nc2cc(CO)c(F)cc2C(c2ccccc2Cl)=NC1. The van der Waals surface area contributed by atoms with Gasteiger partial charge in [0, 0.05) is 21.7 Å². The number of fused-ring (bicyclic) bond motifs is 1. The van der Waals surface area contributed by atoms with E-state index in [1.807, 2.05) is 18.2 Å². The van der Waals surface area contributed by atoms with E-state index in [9.17, 15) is 9.50 Å². The van der Waals surface area contributed by atoms with Crippen molar-refractivity contribution in [2.24, 2.45) is 9.98 Å². The Kier molecular flexibility index (Phi) is 4.41. The highest BCUT2D eigenvalue weighted by molar-refractivity contribution is 6.36. The van der Waals surface area contributed by atoms with Gasteiger partial charge >= 0.3 is 0 Å². The van der Waals surface area contributed by atoms with E-state index in [0.29, 0.717) is 33.4 Å². The maximum atomic E-state index is 14.2. The highest BCUT2D eigenvalue weighted by Crippen LogP contribution is 2.30. The summed E-state index contributed by atoms with van der Waals surface area (Å²) in [5.41, 5.74) is 2.41. The average Bonchev–Trinajstić information content (AvgIpc) is 2.73. The lowest BCUT2D eigenvalue weighted by atomic mass is 9.98. The van der Waals surface area contributed by atoms with E-state index in [1.54, 1.807) is 6.07 Å². The molecule has 3 rings (SSSR count). The topological polar surface area (TPSA) is 54.2 Å². The van der Waals surface area contributed by atoms with Crippen molar-refractivity contribution in [1.29, 1.82) is 0 Å². The van der Waals surface area contributed by atoms with Gasteiger partial charge in [0.05, 0.1) is 25.1 Å². The quantitative estimate of drug-likeness (QED) is 0.915. The zero-order valence-electron chi connectivity index (χ0n) is 12.4. The first-order valence-electron chi connectivity index (χ1n) is 6.98. The van der Waals surface area contributed by atoms with Crippen LogP contribution >= 0.6 is 11.6 Å². The minimum absolute atomic E-state index is 0.170. The maximum Gasteiger partial charge on any atom is 0.210 e. The summed E-state index contributed by atoms with van der Waals surface area (Å²) < 4.78 is 19.4. The van der Waals surface area contributed by atoms with Crippen LogP contribution in [0.4, 0.5) is 10.1 Å². The number of hydrogen-bond donors (Lipinski definition) is 1. The number of rotatable bonds is 2. The van der Waals surface area contributed by atoms with Crippen LogP contribution in [0.15, 0.2) is 46.4 Å². The van der Waals surface area contributed by atoms with Crippen LogP contribution in [-0.2, 0) is 11.3 Å². The predicted octanol–water partition coefficient (Wildman–Crippen LogP) is 3.50. The third-order valence-electron chi connectivity index (χ3n) is 3.57. The smallest absolute Gasteiger partial charge is 0.210 e. The Morgan fingerprint density at radius 2 is 2.04 bits per heavy atom. The zero-order valence-corrected chi connectivity index (χ0v) is 13.1. The standard InChI is InChI=1S/C17H14ClFN2O2/c1-23-16-8-20-17(11-4-2-3-5-13(11)18)12-7-14(19)10(9-22)6-15(12)21-16/h2-7,22H,8-9H2,1H3. The first-order valence-corrected chi connectivity index (χ1v) is 7.36. The summed E-state index contributed by atoms with van der Waals surface area (Å²) in [6.45, 7) is -0.183. The lowest BCUT2D eigenvalue weighted by molar-refractivity contribution is 0.276. The summed E-state index contributed by atoms with van der Waals surface area (Å²) in [7, 11) is 1.50. The van der Waals surface area contributed by atoms with Gasteiger partial charge in [-0.2, -0.15) is 0 Å². The van der Waals surface area contributed by atoms with Gasteiger partial charge in [0.15, 0.2) is 0 Å². The third-order valence-corrected chi connectivity index (χ3v) is 3.90. The number of aliphatic hydroxyl groups is 1. The fourth-order valence-electron chi connectivity index (χ4n) is 2.40. The Labute approximate surface area is 137 Å². The molecule has 0 saturated heterocycles. The average molecular weight is 333 g/mol. The lowest BCUT2D eigenvalue weighted by Crippen LogP contribution is -2.08. The van der Waals surface area contributed by atoms with Crippen LogP contribution in [0, 0.1) is 5.82 Å². The molecule has 0 fully saturated rings. The van der Waals surface area contributed by atoms with E-state index in [2.05, 4.69) is 9.98 Å². The minimum atomic E-state index is -0.512. The van der Waals surface area contributed by atoms with Crippen molar-refractivity contribution >= 4 is 28.9 Å². The van der Waals surface area contributed by atoms with E-state index in [-0.39, 0.29) is 12.1 Å². The minimum Gasteiger partial charge on any atom is -0.483 e. The molecule has 0 aromatic heterocycles. The van der Waals surface area contributed by atoms with E-state index >= 15 is 0 Å². The molecule has 0 aliphatic carbocycles. The van der Waals surface area contributed by atoms with Gasteiger partial charge in [-0.25, -0.2) is 9.38 Å². The molecule has 1 aliphatic heterocycles. The highest BCUT2D eigenvalue weighted by Gasteiger charge is 2.20. The van der Waals surface area contributed by atoms with Crippen molar-refractivity contribution in [1.82, 2.24) is 0 Å². The van der Waals surface area contributed by atoms with Gasteiger partial charge < -0.3 is 9.84 Å². The van der Waals surface area contributed by atoms with E-state index in [4.69, 9.17) is 16.3 Å². The van der Waals surface area contributed by atoms with E-state index in [0.717, 1.165) is 0 Å². The van der Waals surface area contributed by atoms with Gasteiger partial charge in [0.1, 0.15) is 12.4 Å². The van der Waals surface area contributed by atoms with Crippen LogP contribution in [0.2, 0.25) is 5.02 Å². The molecule has 1 heterocycles. The first kappa shape index (κ1) is 15.6. The van der Waals surface area contributed by atoms with Gasteiger partial charge in [-0.3, -0.25) is 4.99 Å². The van der Waals surface area contributed by atoms with Crippen LogP contribution in [-0.4, -0.2) is 30.4 Å². The zero-order chi connectivity index (χ0) is 16.4. The van der Waals surface area contributed by atoms with Crippen molar-refractivity contribution < 1.29 is 14.2 Å². The number of methoxy groups -OCH3 is 1. The fourth-order valence-corrected chi connectivity index (χ4v) is 2.63. The van der Waals surface area contributed by atoms with Crippen molar-refractivity contribution in [3.05, 3.63) is 63.9 Å². The van der Waals surface area contributed by atoms with E-state index < -0.39 is 12.4 Å². The van der Waals surface area contributed by atoms with Crippen LogP contribution in [0.3, 0.4) is 0 Å². The summed E-state index contributed by atoms with van der Waals surface area (Å²) in [5.74, 6) is -0.106. The normalized spacial score (nSPS) is 13.7. The summed E-state index contributed by atoms with van der Waals surface area (Å²) in [5, 5.41) is 9.79. The molecule has 2 aromatic carbocycles. The Bertz CT molecular complexity index is 818. The second-order valence-corrected chi connectivity index (χ2v) is 5.38. The van der Waals surface area contributed by atoms with Crippen LogP contribution in [0.1, 0.15) is 16.7 Å². The Hall–Kier alpha value is -2.24. The first-order chi connectivity index (χ1) is 11.1. The molecular formula is C17H14ClFN2O2. The molecule has 1 N–H and O–H groups in total. The number of benzene rings is 2. The number of halogens is 2. The van der Waals surface area contributed by atoms with Crippen molar-refractivity contribution in [2.45, 2.75) is 6.61 Å². The molecule has 0 bridgehead atoms. The summed E-state index contributed by atoms with van der Waals surface area (Å²) in [4.78, 5) is 8.86. The molecule has 23 heavy (non-hydrogen) atoms. The Morgan fingerprint density at radius 3 is 2.74 bits per heavy atom. The molecule has 0 atom stereocenters. The lowest BCUT2D eigenvalue weighted by Gasteiger charge is -2.11. The molecule has 0 spiro atoms. The third kappa shape index (κ3) is 2.98. The van der Waals surface area contributed by atoms with Crippen LogP contribution in [0.25, 0.3) is 0 Å². The number of aliphatic hydroxyl groups excluding tert-OH is 1. The maximum absolute atomic E-state index is 14.2. The Balaban J connectivity index is 2.24. The number of nitrogens with zero attached hydrogens (tertiary/aromatic N) is 2. The van der Waals surface area contributed by atoms with Gasteiger partial charge in [0.25, 0.3) is 0 Å². The highest BCUT2D eigenvalue weighted by atomic mass is 35.5. The van der Waals surface area contributed by atoms with E-state index in [1.165, 1.54) is 19.2 Å². The molecule has 0 radical (unpaired) electrons. The molecule has 0 saturated carbocycles. The van der Waals surface area contributed by atoms with Crippen molar-refractivity contribution in [2.75, 3.05) is 13.7 Å². The molecule has 4 nitrogen and oxygen atoms in total. The van der Waals surface area contributed by atoms with Gasteiger partial charge in [-0.15, -0.1) is 0 Å². The second kappa shape index (κ2) is 6.48. The van der Waals surface area contributed by atoms with Crippen LogP contribution < -0.4 is 0 Å². The second-order valence-electron chi connectivity index (χ2n) is 4.97. The van der Waals surface area contributed by atoms with Gasteiger partial charge in [0.2, 0.25) is 5.90 Å². The monoisotopic (exact) mass is 332 g/mol. The summed E-state index contributed by atoms with van der Waals surface area (Å²) in [6.07, 6.45) is 0. The molecule has 0 amide bonds. The Morgan fingerprint density at radius 1 is 1.26 bits per heavy atom. The molecule has 118 valence electrons. The molecule has 0 unspecified atom stereocenters. The van der Waals surface area contributed by atoms with Gasteiger partial charge in [-0.1, -0.05) is 29.8 Å². The molecule has 1 aliphatic rings. The largest absolute Gasteiger partial charge is 0.483 e. The fraction of sp³-hybridized carbons (Fsp3) is 0.176. The number of aliphatic imine (C=N–C) groups is 2. The van der Waals surface area contributed by atoms with Gasteiger partial charge in [-0.05, 0) is 18.2 Å². The summed E-state index contributed by atoms with van der Waals surface area (Å²) >= 11 is 6.26. The van der Waals surface area contributed by atoms with Crippen molar-refractivity contribution in [3.8, 4) is 0 Å². The molecular weight excluding hydrogens is 319 g/mol. The number of ether oxygens (including phenoxy) is 1. The molecule has 2 aromatic rings. The van der Waals surface area contributed by atoms with Crippen molar-refractivity contribution in [3.63, 3.8) is 0 Å². The summed E-state index contributed by atoms with van der Waals surface area (Å²) in [6, 6.07) is 10.1. The predicted molar refractivity (Wildman–Crippen MR) is 88.4 cm³/mol.